The van der Waals surface area contributed by atoms with Crippen LogP contribution in [0.4, 0.5) is 14.5 Å². The Bertz CT molecular complexity index is 1280. The van der Waals surface area contributed by atoms with E-state index in [1.807, 2.05) is 0 Å². The molecular formula is C21H19F2N3O3S. The second-order valence-corrected chi connectivity index (χ2v) is 9.36. The lowest BCUT2D eigenvalue weighted by Gasteiger charge is -2.10. The molecule has 0 spiro atoms. The summed E-state index contributed by atoms with van der Waals surface area (Å²) < 4.78 is 52.1. The standard InChI is InChI=1S/C21H19F2N3O3S/c1-12-6-8-14(30(2,28)29)11-18(12)24-21(27)20-15-4-3-5-19(15)26(25-20)13-7-9-16(22)17(23)10-13/h6-11H,3-5H2,1-2H3,(H,24,27). The Labute approximate surface area is 172 Å². The summed E-state index contributed by atoms with van der Waals surface area (Å²) in [5.74, 6) is -2.43. The molecule has 9 heteroatoms. The summed E-state index contributed by atoms with van der Waals surface area (Å²) in [5, 5.41) is 7.11. The van der Waals surface area contributed by atoms with Crippen molar-refractivity contribution >= 4 is 21.4 Å². The first-order valence-electron chi connectivity index (χ1n) is 9.33. The molecule has 0 atom stereocenters. The highest BCUT2D eigenvalue weighted by Crippen LogP contribution is 2.29. The summed E-state index contributed by atoms with van der Waals surface area (Å²) in [6.07, 6.45) is 3.22. The number of fused-ring (bicyclic) bond motifs is 1. The number of benzene rings is 2. The number of halogens is 2. The number of sulfone groups is 1. The van der Waals surface area contributed by atoms with Crippen LogP contribution >= 0.6 is 0 Å². The smallest absolute Gasteiger partial charge is 0.276 e. The highest BCUT2D eigenvalue weighted by Gasteiger charge is 2.27. The van der Waals surface area contributed by atoms with Gasteiger partial charge in [0.1, 0.15) is 0 Å². The van der Waals surface area contributed by atoms with Crippen molar-refractivity contribution in [1.29, 1.82) is 0 Å². The lowest BCUT2D eigenvalue weighted by Crippen LogP contribution is -2.16. The first kappa shape index (κ1) is 20.2. The lowest BCUT2D eigenvalue weighted by molar-refractivity contribution is 0.102. The van der Waals surface area contributed by atoms with Gasteiger partial charge in [-0.05, 0) is 56.0 Å². The van der Waals surface area contributed by atoms with E-state index in [1.54, 1.807) is 13.0 Å². The number of anilines is 1. The third-order valence-corrected chi connectivity index (χ3v) is 6.29. The number of nitrogens with zero attached hydrogens (tertiary/aromatic N) is 2. The Balaban J connectivity index is 1.72. The van der Waals surface area contributed by atoms with Crippen LogP contribution in [0.1, 0.15) is 33.7 Å². The number of carbonyl (C=O) groups excluding carboxylic acids is 1. The molecule has 1 aliphatic carbocycles. The second-order valence-electron chi connectivity index (χ2n) is 7.34. The fourth-order valence-corrected chi connectivity index (χ4v) is 4.25. The van der Waals surface area contributed by atoms with Gasteiger partial charge in [-0.25, -0.2) is 21.9 Å². The molecule has 1 amide bonds. The molecule has 0 unspecified atom stereocenters. The molecule has 1 aromatic heterocycles. The minimum Gasteiger partial charge on any atom is -0.320 e. The number of rotatable bonds is 4. The van der Waals surface area contributed by atoms with Crippen LogP contribution in [0.5, 0.6) is 0 Å². The lowest BCUT2D eigenvalue weighted by atomic mass is 10.1. The Morgan fingerprint density at radius 3 is 2.57 bits per heavy atom. The molecule has 1 N–H and O–H groups in total. The van der Waals surface area contributed by atoms with Crippen molar-refractivity contribution < 1.29 is 22.0 Å². The summed E-state index contributed by atoms with van der Waals surface area (Å²) in [4.78, 5) is 13.1. The third-order valence-electron chi connectivity index (χ3n) is 5.18. The maximum Gasteiger partial charge on any atom is 0.276 e. The predicted molar refractivity (Wildman–Crippen MR) is 108 cm³/mol. The van der Waals surface area contributed by atoms with E-state index >= 15 is 0 Å². The first-order valence-corrected chi connectivity index (χ1v) is 11.2. The first-order chi connectivity index (χ1) is 14.1. The monoisotopic (exact) mass is 431 g/mol. The Kier molecular flexibility index (Phi) is 4.93. The molecule has 0 bridgehead atoms. The molecule has 0 saturated carbocycles. The molecule has 4 rings (SSSR count). The van der Waals surface area contributed by atoms with Crippen LogP contribution in [0.15, 0.2) is 41.3 Å². The Morgan fingerprint density at radius 1 is 1.10 bits per heavy atom. The van der Waals surface area contributed by atoms with Gasteiger partial charge >= 0.3 is 0 Å². The predicted octanol–water partition coefficient (Wildman–Crippen LogP) is 3.60. The highest BCUT2D eigenvalue weighted by atomic mass is 32.2. The van der Waals surface area contributed by atoms with E-state index in [0.717, 1.165) is 36.1 Å². The highest BCUT2D eigenvalue weighted by molar-refractivity contribution is 7.90. The maximum absolute atomic E-state index is 13.7. The molecule has 0 radical (unpaired) electrons. The Hall–Kier alpha value is -3.07. The number of carbonyl (C=O) groups is 1. The van der Waals surface area contributed by atoms with Crippen molar-refractivity contribution in [3.05, 3.63) is 70.5 Å². The van der Waals surface area contributed by atoms with E-state index in [4.69, 9.17) is 0 Å². The van der Waals surface area contributed by atoms with Gasteiger partial charge in [0.15, 0.2) is 27.2 Å². The van der Waals surface area contributed by atoms with Gasteiger partial charge in [0, 0.05) is 29.3 Å². The summed E-state index contributed by atoms with van der Waals surface area (Å²) >= 11 is 0. The number of aromatic nitrogens is 2. The van der Waals surface area contributed by atoms with Crippen LogP contribution in [0.2, 0.25) is 0 Å². The Morgan fingerprint density at radius 2 is 1.87 bits per heavy atom. The quantitative estimate of drug-likeness (QED) is 0.684. The van der Waals surface area contributed by atoms with E-state index in [0.29, 0.717) is 29.8 Å². The van der Waals surface area contributed by atoms with E-state index in [-0.39, 0.29) is 10.6 Å². The molecule has 6 nitrogen and oxygen atoms in total. The van der Waals surface area contributed by atoms with E-state index < -0.39 is 27.4 Å². The zero-order valence-electron chi connectivity index (χ0n) is 16.4. The van der Waals surface area contributed by atoms with Crippen LogP contribution in [-0.4, -0.2) is 30.4 Å². The number of hydrogen-bond donors (Lipinski definition) is 1. The topological polar surface area (TPSA) is 81.1 Å². The van der Waals surface area contributed by atoms with Crippen LogP contribution in [0.3, 0.4) is 0 Å². The molecule has 0 fully saturated rings. The summed E-state index contributed by atoms with van der Waals surface area (Å²) in [5.41, 5.74) is 3.14. The zero-order valence-corrected chi connectivity index (χ0v) is 17.2. The summed E-state index contributed by atoms with van der Waals surface area (Å²) in [6.45, 7) is 1.76. The third kappa shape index (κ3) is 3.60. The van der Waals surface area contributed by atoms with Gasteiger partial charge in [-0.2, -0.15) is 5.10 Å². The van der Waals surface area contributed by atoms with Gasteiger partial charge in [0.05, 0.1) is 10.6 Å². The van der Waals surface area contributed by atoms with Gasteiger partial charge in [-0.15, -0.1) is 0 Å². The van der Waals surface area contributed by atoms with Gasteiger partial charge in [0.2, 0.25) is 0 Å². The van der Waals surface area contributed by atoms with Crippen molar-refractivity contribution in [1.82, 2.24) is 9.78 Å². The largest absolute Gasteiger partial charge is 0.320 e. The molecule has 1 heterocycles. The molecule has 156 valence electrons. The van der Waals surface area contributed by atoms with Crippen molar-refractivity contribution in [2.45, 2.75) is 31.1 Å². The minimum absolute atomic E-state index is 0.0981. The number of aryl methyl sites for hydroxylation is 1. The molecular weight excluding hydrogens is 412 g/mol. The van der Waals surface area contributed by atoms with Crippen LogP contribution in [0, 0.1) is 18.6 Å². The average Bonchev–Trinajstić information content (AvgIpc) is 3.27. The second kappa shape index (κ2) is 7.32. The number of hydrogen-bond acceptors (Lipinski definition) is 4. The van der Waals surface area contributed by atoms with E-state index in [2.05, 4.69) is 10.4 Å². The van der Waals surface area contributed by atoms with Crippen molar-refractivity contribution in [3.8, 4) is 5.69 Å². The van der Waals surface area contributed by atoms with Crippen LogP contribution in [0.25, 0.3) is 5.69 Å². The fraction of sp³-hybridized carbons (Fsp3) is 0.238. The summed E-state index contributed by atoms with van der Waals surface area (Å²) in [6, 6.07) is 7.99. The van der Waals surface area contributed by atoms with Gasteiger partial charge in [-0.3, -0.25) is 4.79 Å². The normalized spacial score (nSPS) is 13.3. The van der Waals surface area contributed by atoms with Crippen LogP contribution in [-0.2, 0) is 22.7 Å². The van der Waals surface area contributed by atoms with Gasteiger partial charge in [0.25, 0.3) is 5.91 Å². The minimum atomic E-state index is -3.43. The van der Waals surface area contributed by atoms with Gasteiger partial charge in [-0.1, -0.05) is 6.07 Å². The van der Waals surface area contributed by atoms with Crippen molar-refractivity contribution in [2.75, 3.05) is 11.6 Å². The van der Waals surface area contributed by atoms with E-state index in [1.165, 1.54) is 22.9 Å². The van der Waals surface area contributed by atoms with Gasteiger partial charge < -0.3 is 5.32 Å². The maximum atomic E-state index is 13.7. The zero-order chi connectivity index (χ0) is 21.6. The molecule has 1 aliphatic rings. The SMILES string of the molecule is Cc1ccc(S(C)(=O)=O)cc1NC(=O)c1nn(-c2ccc(F)c(F)c2)c2c1CCC2. The number of nitrogens with one attached hydrogen (secondary N) is 1. The molecule has 0 saturated heterocycles. The van der Waals surface area contributed by atoms with Crippen molar-refractivity contribution in [3.63, 3.8) is 0 Å². The summed E-state index contributed by atoms with van der Waals surface area (Å²) in [7, 11) is -3.43. The molecule has 0 aliphatic heterocycles. The molecule has 2 aromatic carbocycles. The van der Waals surface area contributed by atoms with E-state index in [9.17, 15) is 22.0 Å². The number of amides is 1. The van der Waals surface area contributed by atoms with Crippen molar-refractivity contribution in [2.24, 2.45) is 0 Å². The molecule has 30 heavy (non-hydrogen) atoms. The fourth-order valence-electron chi connectivity index (χ4n) is 3.60. The average molecular weight is 431 g/mol. The van der Waals surface area contributed by atoms with Crippen LogP contribution < -0.4 is 5.32 Å². The molecule has 3 aromatic rings.